The largest absolute Gasteiger partial charge is 0.393 e. The normalized spacial score (nSPS) is 24.4. The highest BCUT2D eigenvalue weighted by molar-refractivity contribution is 7.80. The molecular formula is C15H21N3OS. The lowest BCUT2D eigenvalue weighted by Crippen LogP contribution is -2.39. The van der Waals surface area contributed by atoms with Gasteiger partial charge in [-0.3, -0.25) is 4.79 Å². The summed E-state index contributed by atoms with van der Waals surface area (Å²) >= 11 is 5.20. The van der Waals surface area contributed by atoms with Crippen molar-refractivity contribution in [3.63, 3.8) is 0 Å². The molecule has 108 valence electrons. The van der Waals surface area contributed by atoms with Crippen molar-refractivity contribution in [2.24, 2.45) is 16.9 Å². The first-order valence-electron chi connectivity index (χ1n) is 6.79. The molecule has 1 fully saturated rings. The van der Waals surface area contributed by atoms with Crippen molar-refractivity contribution in [1.82, 2.24) is 4.90 Å². The lowest BCUT2D eigenvalue weighted by molar-refractivity contribution is -0.126. The molecule has 0 aliphatic carbocycles. The Kier molecular flexibility index (Phi) is 4.40. The Morgan fingerprint density at radius 3 is 2.55 bits per heavy atom. The van der Waals surface area contributed by atoms with Crippen molar-refractivity contribution in [1.29, 1.82) is 0 Å². The van der Waals surface area contributed by atoms with Crippen LogP contribution in [-0.2, 0) is 4.79 Å². The molecule has 2 rings (SSSR count). The van der Waals surface area contributed by atoms with Crippen molar-refractivity contribution >= 4 is 23.1 Å². The van der Waals surface area contributed by atoms with E-state index in [0.29, 0.717) is 11.5 Å². The van der Waals surface area contributed by atoms with Gasteiger partial charge in [-0.15, -0.1) is 0 Å². The predicted molar refractivity (Wildman–Crippen MR) is 84.3 cm³/mol. The Bertz CT molecular complexity index is 505. The van der Waals surface area contributed by atoms with Crippen LogP contribution in [0.15, 0.2) is 30.3 Å². The standard InChI is InChI=1S/C15H21N3OS/c1-15(14(17)19)7-8-18(10-15)9-12(13(16)20)11-5-3-2-4-6-11/h2-6,12H,7-10H2,1H3,(H2,16,20)(H2,17,19). The van der Waals surface area contributed by atoms with Crippen LogP contribution in [0.2, 0.25) is 0 Å². The zero-order valence-corrected chi connectivity index (χ0v) is 12.5. The van der Waals surface area contributed by atoms with E-state index in [1.807, 2.05) is 37.3 Å². The molecule has 1 amide bonds. The summed E-state index contributed by atoms with van der Waals surface area (Å²) in [7, 11) is 0. The number of carbonyl (C=O) groups is 1. The van der Waals surface area contributed by atoms with E-state index in [1.54, 1.807) is 0 Å². The van der Waals surface area contributed by atoms with Crippen LogP contribution in [0.5, 0.6) is 0 Å². The number of amides is 1. The van der Waals surface area contributed by atoms with Gasteiger partial charge in [0.1, 0.15) is 0 Å². The third-order valence-electron chi connectivity index (χ3n) is 4.13. The summed E-state index contributed by atoms with van der Waals surface area (Å²) in [4.78, 5) is 14.2. The van der Waals surface area contributed by atoms with Crippen molar-refractivity contribution in [3.05, 3.63) is 35.9 Å². The SMILES string of the molecule is CC1(C(N)=O)CCN(CC(C(N)=S)c2ccccc2)C1. The molecule has 1 heterocycles. The number of hydrogen-bond acceptors (Lipinski definition) is 3. The van der Waals surface area contributed by atoms with Crippen LogP contribution in [0.25, 0.3) is 0 Å². The Balaban J connectivity index is 2.08. The zero-order chi connectivity index (χ0) is 14.8. The minimum Gasteiger partial charge on any atom is -0.393 e. The third kappa shape index (κ3) is 3.16. The maximum Gasteiger partial charge on any atom is 0.224 e. The number of thiocarbonyl (C=S) groups is 1. The van der Waals surface area contributed by atoms with Gasteiger partial charge in [0.15, 0.2) is 0 Å². The Morgan fingerprint density at radius 2 is 2.05 bits per heavy atom. The van der Waals surface area contributed by atoms with Gasteiger partial charge in [-0.25, -0.2) is 0 Å². The second-order valence-corrected chi connectivity index (χ2v) is 6.25. The number of rotatable bonds is 5. The maximum atomic E-state index is 11.5. The van der Waals surface area contributed by atoms with Crippen molar-refractivity contribution in [2.75, 3.05) is 19.6 Å². The van der Waals surface area contributed by atoms with Crippen LogP contribution in [-0.4, -0.2) is 35.4 Å². The highest BCUT2D eigenvalue weighted by Crippen LogP contribution is 2.31. The number of nitrogens with two attached hydrogens (primary N) is 2. The molecule has 1 aliphatic heterocycles. The predicted octanol–water partition coefficient (Wildman–Crippen LogP) is 1.25. The number of carbonyl (C=O) groups excluding carboxylic acids is 1. The molecule has 0 spiro atoms. The highest BCUT2D eigenvalue weighted by Gasteiger charge is 2.39. The molecule has 2 unspecified atom stereocenters. The van der Waals surface area contributed by atoms with Crippen molar-refractivity contribution < 1.29 is 4.79 Å². The number of hydrogen-bond donors (Lipinski definition) is 2. The first kappa shape index (κ1) is 14.9. The molecule has 0 aromatic heterocycles. The summed E-state index contributed by atoms with van der Waals surface area (Å²) < 4.78 is 0. The first-order chi connectivity index (χ1) is 9.42. The van der Waals surface area contributed by atoms with E-state index in [4.69, 9.17) is 23.7 Å². The number of likely N-dealkylation sites (tertiary alicyclic amines) is 1. The van der Waals surface area contributed by atoms with Gasteiger partial charge in [0.25, 0.3) is 0 Å². The smallest absolute Gasteiger partial charge is 0.224 e. The van der Waals surface area contributed by atoms with Gasteiger partial charge in [0, 0.05) is 19.0 Å². The van der Waals surface area contributed by atoms with Gasteiger partial charge < -0.3 is 16.4 Å². The number of nitrogens with zero attached hydrogens (tertiary/aromatic N) is 1. The van der Waals surface area contributed by atoms with Crippen molar-refractivity contribution in [3.8, 4) is 0 Å². The summed E-state index contributed by atoms with van der Waals surface area (Å²) in [6.07, 6.45) is 0.793. The Morgan fingerprint density at radius 1 is 1.40 bits per heavy atom. The van der Waals surface area contributed by atoms with Crippen LogP contribution in [0.1, 0.15) is 24.8 Å². The second kappa shape index (κ2) is 5.89. The summed E-state index contributed by atoms with van der Waals surface area (Å²) in [6, 6.07) is 10.0. The molecule has 1 saturated heterocycles. The molecule has 1 aromatic rings. The second-order valence-electron chi connectivity index (χ2n) is 5.78. The lowest BCUT2D eigenvalue weighted by Gasteiger charge is -2.25. The molecule has 1 aliphatic rings. The minimum absolute atomic E-state index is 0.0152. The number of benzene rings is 1. The molecule has 4 nitrogen and oxygen atoms in total. The molecule has 0 saturated carbocycles. The molecule has 2 atom stereocenters. The zero-order valence-electron chi connectivity index (χ0n) is 11.7. The molecule has 1 aromatic carbocycles. The van der Waals surface area contributed by atoms with Gasteiger partial charge in [-0.1, -0.05) is 42.5 Å². The fourth-order valence-corrected chi connectivity index (χ4v) is 2.93. The van der Waals surface area contributed by atoms with Crippen LogP contribution < -0.4 is 11.5 Å². The fraction of sp³-hybridized carbons (Fsp3) is 0.467. The van der Waals surface area contributed by atoms with E-state index in [9.17, 15) is 4.79 Å². The minimum atomic E-state index is -0.433. The average molecular weight is 291 g/mol. The summed E-state index contributed by atoms with van der Waals surface area (Å²) in [5.74, 6) is -0.215. The summed E-state index contributed by atoms with van der Waals surface area (Å²) in [5.41, 5.74) is 12.1. The molecular weight excluding hydrogens is 270 g/mol. The number of primary amides is 1. The van der Waals surface area contributed by atoms with E-state index >= 15 is 0 Å². The van der Waals surface area contributed by atoms with E-state index in [1.165, 1.54) is 0 Å². The summed E-state index contributed by atoms with van der Waals surface area (Å²) in [5, 5.41) is 0. The topological polar surface area (TPSA) is 72.4 Å². The van der Waals surface area contributed by atoms with Gasteiger partial charge in [-0.2, -0.15) is 0 Å². The fourth-order valence-electron chi connectivity index (χ4n) is 2.72. The van der Waals surface area contributed by atoms with Crippen LogP contribution in [0.4, 0.5) is 0 Å². The highest BCUT2D eigenvalue weighted by atomic mass is 32.1. The monoisotopic (exact) mass is 291 g/mol. The molecule has 0 bridgehead atoms. The van der Waals surface area contributed by atoms with Crippen LogP contribution in [0, 0.1) is 5.41 Å². The third-order valence-corrected chi connectivity index (χ3v) is 4.42. The van der Waals surface area contributed by atoms with Crippen LogP contribution >= 0.6 is 12.2 Å². The quantitative estimate of drug-likeness (QED) is 0.801. The Hall–Kier alpha value is -1.46. The van der Waals surface area contributed by atoms with Crippen molar-refractivity contribution in [2.45, 2.75) is 19.3 Å². The molecule has 4 N–H and O–H groups in total. The van der Waals surface area contributed by atoms with E-state index in [-0.39, 0.29) is 11.8 Å². The summed E-state index contributed by atoms with van der Waals surface area (Å²) in [6.45, 7) is 4.19. The molecule has 0 radical (unpaired) electrons. The maximum absolute atomic E-state index is 11.5. The Labute approximate surface area is 125 Å². The van der Waals surface area contributed by atoms with E-state index in [2.05, 4.69) is 4.90 Å². The van der Waals surface area contributed by atoms with Gasteiger partial charge in [0.2, 0.25) is 5.91 Å². The lowest BCUT2D eigenvalue weighted by atomic mass is 9.89. The first-order valence-corrected chi connectivity index (χ1v) is 7.20. The van der Waals surface area contributed by atoms with Gasteiger partial charge in [0.05, 0.1) is 10.4 Å². The van der Waals surface area contributed by atoms with E-state index in [0.717, 1.165) is 25.1 Å². The van der Waals surface area contributed by atoms with Gasteiger partial charge >= 0.3 is 0 Å². The molecule has 20 heavy (non-hydrogen) atoms. The van der Waals surface area contributed by atoms with Crippen LogP contribution in [0.3, 0.4) is 0 Å². The molecule has 5 heteroatoms. The van der Waals surface area contributed by atoms with Gasteiger partial charge in [-0.05, 0) is 25.5 Å². The van der Waals surface area contributed by atoms with E-state index < -0.39 is 5.41 Å². The average Bonchev–Trinajstić information content (AvgIpc) is 2.80.